The quantitative estimate of drug-likeness (QED) is 0.732. The Hall–Kier alpha value is -0.0400. The van der Waals surface area contributed by atoms with E-state index in [0.717, 1.165) is 18.4 Å². The first-order chi connectivity index (χ1) is 6.57. The van der Waals surface area contributed by atoms with Crippen molar-refractivity contribution in [3.63, 3.8) is 0 Å². The van der Waals surface area contributed by atoms with E-state index in [9.17, 15) is 0 Å². The van der Waals surface area contributed by atoms with E-state index in [4.69, 9.17) is 5.73 Å². The van der Waals surface area contributed by atoms with E-state index in [2.05, 4.69) is 20.8 Å². The summed E-state index contributed by atoms with van der Waals surface area (Å²) < 4.78 is 0. The molecule has 0 aromatic rings. The van der Waals surface area contributed by atoms with E-state index in [-0.39, 0.29) is 0 Å². The first kappa shape index (κ1) is 12.0. The van der Waals surface area contributed by atoms with Crippen molar-refractivity contribution in [3.8, 4) is 0 Å². The van der Waals surface area contributed by atoms with Gasteiger partial charge in [-0.3, -0.25) is 0 Å². The van der Waals surface area contributed by atoms with E-state index in [1.165, 1.54) is 38.5 Å². The van der Waals surface area contributed by atoms with Gasteiger partial charge in [-0.1, -0.05) is 52.9 Å². The first-order valence-electron chi connectivity index (χ1n) is 6.27. The number of nitrogens with two attached hydrogens (primary N) is 1. The molecule has 0 saturated heterocycles. The lowest BCUT2D eigenvalue weighted by Gasteiger charge is -2.33. The summed E-state index contributed by atoms with van der Waals surface area (Å²) in [5.41, 5.74) is 6.14. The second-order valence-corrected chi connectivity index (χ2v) is 5.87. The molecule has 0 aromatic heterocycles. The van der Waals surface area contributed by atoms with Crippen molar-refractivity contribution in [2.45, 2.75) is 59.3 Å². The molecular formula is C13H27N. The molecule has 0 bridgehead atoms. The summed E-state index contributed by atoms with van der Waals surface area (Å²) in [5, 5.41) is 0. The van der Waals surface area contributed by atoms with Crippen molar-refractivity contribution >= 4 is 0 Å². The molecule has 1 nitrogen and oxygen atoms in total. The van der Waals surface area contributed by atoms with Crippen LogP contribution in [0, 0.1) is 17.3 Å². The van der Waals surface area contributed by atoms with Gasteiger partial charge >= 0.3 is 0 Å². The highest BCUT2D eigenvalue weighted by Gasteiger charge is 2.25. The molecule has 84 valence electrons. The lowest BCUT2D eigenvalue weighted by atomic mass is 9.73. The predicted molar refractivity (Wildman–Crippen MR) is 63.2 cm³/mol. The molecule has 14 heavy (non-hydrogen) atoms. The SMILES string of the molecule is CCC1CCC(CC(C)(C)CN)CC1. The minimum atomic E-state index is 0.365. The summed E-state index contributed by atoms with van der Waals surface area (Å²) in [6.45, 7) is 7.77. The van der Waals surface area contributed by atoms with E-state index in [1.54, 1.807) is 0 Å². The van der Waals surface area contributed by atoms with Gasteiger partial charge in [0.1, 0.15) is 0 Å². The maximum atomic E-state index is 5.78. The summed E-state index contributed by atoms with van der Waals surface area (Å²) in [5.74, 6) is 1.98. The van der Waals surface area contributed by atoms with Gasteiger partial charge in [-0.25, -0.2) is 0 Å². The Bertz CT molecular complexity index is 155. The van der Waals surface area contributed by atoms with Crippen LogP contribution in [0.4, 0.5) is 0 Å². The number of rotatable bonds is 4. The fourth-order valence-corrected chi connectivity index (χ4v) is 2.71. The second-order valence-electron chi connectivity index (χ2n) is 5.87. The van der Waals surface area contributed by atoms with Crippen LogP contribution >= 0.6 is 0 Å². The summed E-state index contributed by atoms with van der Waals surface area (Å²) in [6, 6.07) is 0. The van der Waals surface area contributed by atoms with Crippen LogP contribution in [-0.2, 0) is 0 Å². The Labute approximate surface area is 89.5 Å². The maximum absolute atomic E-state index is 5.78. The number of hydrogen-bond donors (Lipinski definition) is 1. The first-order valence-corrected chi connectivity index (χ1v) is 6.27. The van der Waals surface area contributed by atoms with Gasteiger partial charge in [0, 0.05) is 0 Å². The molecule has 0 heterocycles. The zero-order chi connectivity index (χ0) is 10.6. The predicted octanol–water partition coefficient (Wildman–Crippen LogP) is 3.58. The van der Waals surface area contributed by atoms with E-state index in [0.29, 0.717) is 5.41 Å². The van der Waals surface area contributed by atoms with Crippen molar-refractivity contribution in [2.75, 3.05) is 6.54 Å². The molecule has 0 spiro atoms. The third kappa shape index (κ3) is 3.61. The van der Waals surface area contributed by atoms with Crippen molar-refractivity contribution in [1.82, 2.24) is 0 Å². The van der Waals surface area contributed by atoms with E-state index in [1.807, 2.05) is 0 Å². The van der Waals surface area contributed by atoms with Gasteiger partial charge in [-0.15, -0.1) is 0 Å². The molecule has 0 atom stereocenters. The van der Waals surface area contributed by atoms with Gasteiger partial charge in [0.05, 0.1) is 0 Å². The average molecular weight is 197 g/mol. The summed E-state index contributed by atoms with van der Waals surface area (Å²) in [4.78, 5) is 0. The van der Waals surface area contributed by atoms with Crippen LogP contribution in [0.2, 0.25) is 0 Å². The molecule has 0 aliphatic heterocycles. The molecular weight excluding hydrogens is 170 g/mol. The molecule has 1 aliphatic rings. The highest BCUT2D eigenvalue weighted by Crippen LogP contribution is 2.37. The third-order valence-electron chi connectivity index (χ3n) is 3.94. The summed E-state index contributed by atoms with van der Waals surface area (Å²) in [7, 11) is 0. The fourth-order valence-electron chi connectivity index (χ4n) is 2.71. The molecule has 1 rings (SSSR count). The zero-order valence-corrected chi connectivity index (χ0v) is 10.2. The molecule has 0 unspecified atom stereocenters. The normalized spacial score (nSPS) is 29.1. The third-order valence-corrected chi connectivity index (χ3v) is 3.94. The van der Waals surface area contributed by atoms with Crippen LogP contribution in [0.25, 0.3) is 0 Å². The minimum Gasteiger partial charge on any atom is -0.330 e. The molecule has 0 radical (unpaired) electrons. The molecule has 1 fully saturated rings. The molecule has 2 N–H and O–H groups in total. The van der Waals surface area contributed by atoms with Gasteiger partial charge in [0.15, 0.2) is 0 Å². The monoisotopic (exact) mass is 197 g/mol. The smallest absolute Gasteiger partial charge is 0.00257 e. The second kappa shape index (κ2) is 5.16. The highest BCUT2D eigenvalue weighted by molar-refractivity contribution is 4.78. The largest absolute Gasteiger partial charge is 0.330 e. The Morgan fingerprint density at radius 3 is 2.00 bits per heavy atom. The molecule has 1 aliphatic carbocycles. The highest BCUT2D eigenvalue weighted by atomic mass is 14.6. The molecule has 1 saturated carbocycles. The van der Waals surface area contributed by atoms with Gasteiger partial charge in [0.25, 0.3) is 0 Å². The fraction of sp³-hybridized carbons (Fsp3) is 1.00. The molecule has 0 amide bonds. The lowest BCUT2D eigenvalue weighted by molar-refractivity contribution is 0.195. The summed E-state index contributed by atoms with van der Waals surface area (Å²) in [6.07, 6.45) is 8.53. The van der Waals surface area contributed by atoms with Crippen LogP contribution in [0.1, 0.15) is 59.3 Å². The van der Waals surface area contributed by atoms with Gasteiger partial charge in [-0.05, 0) is 30.2 Å². The van der Waals surface area contributed by atoms with Crippen molar-refractivity contribution in [3.05, 3.63) is 0 Å². The van der Waals surface area contributed by atoms with Crippen LogP contribution in [0.3, 0.4) is 0 Å². The van der Waals surface area contributed by atoms with Crippen LogP contribution in [-0.4, -0.2) is 6.54 Å². The van der Waals surface area contributed by atoms with Gasteiger partial charge < -0.3 is 5.73 Å². The Morgan fingerprint density at radius 1 is 1.07 bits per heavy atom. The molecule has 1 heteroatoms. The van der Waals surface area contributed by atoms with Crippen molar-refractivity contribution < 1.29 is 0 Å². The Balaban J connectivity index is 2.28. The van der Waals surface area contributed by atoms with E-state index >= 15 is 0 Å². The summed E-state index contributed by atoms with van der Waals surface area (Å²) >= 11 is 0. The van der Waals surface area contributed by atoms with Crippen LogP contribution < -0.4 is 5.73 Å². The topological polar surface area (TPSA) is 26.0 Å². The van der Waals surface area contributed by atoms with Crippen molar-refractivity contribution in [2.24, 2.45) is 23.0 Å². The standard InChI is InChI=1S/C13H27N/c1-4-11-5-7-12(8-6-11)9-13(2,3)10-14/h11-12H,4-10,14H2,1-3H3. The zero-order valence-electron chi connectivity index (χ0n) is 10.2. The Morgan fingerprint density at radius 2 is 1.57 bits per heavy atom. The molecule has 0 aromatic carbocycles. The minimum absolute atomic E-state index is 0.365. The van der Waals surface area contributed by atoms with Gasteiger partial charge in [-0.2, -0.15) is 0 Å². The van der Waals surface area contributed by atoms with Crippen molar-refractivity contribution in [1.29, 1.82) is 0 Å². The van der Waals surface area contributed by atoms with Crippen LogP contribution in [0.15, 0.2) is 0 Å². The van der Waals surface area contributed by atoms with Crippen LogP contribution in [0.5, 0.6) is 0 Å². The van der Waals surface area contributed by atoms with E-state index < -0.39 is 0 Å². The Kier molecular flexibility index (Phi) is 4.43. The maximum Gasteiger partial charge on any atom is -0.00257 e. The van der Waals surface area contributed by atoms with Gasteiger partial charge in [0.2, 0.25) is 0 Å². The number of hydrogen-bond acceptors (Lipinski definition) is 1. The average Bonchev–Trinajstić information content (AvgIpc) is 2.19. The lowest BCUT2D eigenvalue weighted by Crippen LogP contribution is -2.28.